The first-order valence-corrected chi connectivity index (χ1v) is 5.75. The molecule has 0 spiro atoms. The molecule has 0 bridgehead atoms. The van der Waals surface area contributed by atoms with Gasteiger partial charge in [0.15, 0.2) is 6.04 Å². The lowest BCUT2D eigenvalue weighted by molar-refractivity contribution is -0.144. The van der Waals surface area contributed by atoms with E-state index in [0.29, 0.717) is 6.42 Å². The highest BCUT2D eigenvalue weighted by Gasteiger charge is 2.24. The molecule has 1 amide bonds. The molecule has 0 saturated carbocycles. The van der Waals surface area contributed by atoms with Crippen LogP contribution >= 0.6 is 0 Å². The summed E-state index contributed by atoms with van der Waals surface area (Å²) in [7, 11) is 0. The van der Waals surface area contributed by atoms with Crippen LogP contribution in [0.25, 0.3) is 0 Å². The molecule has 0 aliphatic heterocycles. The number of rotatable bonds is 6. The fraction of sp³-hybridized carbons (Fsp3) is 0.385. The number of aryl methyl sites for hydroxylation is 1. The van der Waals surface area contributed by atoms with Gasteiger partial charge in [-0.15, -0.1) is 0 Å². The molecule has 2 unspecified atom stereocenters. The van der Waals surface area contributed by atoms with Crippen LogP contribution in [0.2, 0.25) is 0 Å². The Kier molecular flexibility index (Phi) is 5.32. The van der Waals surface area contributed by atoms with Crippen LogP contribution in [0.15, 0.2) is 30.3 Å². The first-order chi connectivity index (χ1) is 8.50. The zero-order valence-electron chi connectivity index (χ0n) is 10.2. The van der Waals surface area contributed by atoms with Gasteiger partial charge in [0.25, 0.3) is 0 Å². The van der Waals surface area contributed by atoms with Gasteiger partial charge in [0, 0.05) is 6.42 Å². The third-order valence-corrected chi connectivity index (χ3v) is 2.55. The summed E-state index contributed by atoms with van der Waals surface area (Å²) in [5, 5.41) is 20.3. The maximum Gasteiger partial charge on any atom is 0.328 e. The smallest absolute Gasteiger partial charge is 0.328 e. The molecular formula is C13H17NO4. The summed E-state index contributed by atoms with van der Waals surface area (Å²) in [6.45, 7) is 1.33. The van der Waals surface area contributed by atoms with Crippen molar-refractivity contribution in [3.63, 3.8) is 0 Å². The fourth-order valence-electron chi connectivity index (χ4n) is 1.54. The second-order valence-corrected chi connectivity index (χ2v) is 4.11. The maximum absolute atomic E-state index is 11.6. The topological polar surface area (TPSA) is 86.6 Å². The van der Waals surface area contributed by atoms with Gasteiger partial charge in [0.1, 0.15) is 0 Å². The zero-order chi connectivity index (χ0) is 13.5. The molecule has 1 aromatic rings. The molecule has 3 N–H and O–H groups in total. The van der Waals surface area contributed by atoms with Crippen molar-refractivity contribution in [2.45, 2.75) is 31.9 Å². The van der Waals surface area contributed by atoms with Crippen molar-refractivity contribution in [1.29, 1.82) is 0 Å². The van der Waals surface area contributed by atoms with Crippen molar-refractivity contribution < 1.29 is 19.8 Å². The number of aliphatic hydroxyl groups excluding tert-OH is 1. The SMILES string of the molecule is CC(O)C(NC(=O)CCc1ccccc1)C(=O)O. The highest BCUT2D eigenvalue weighted by Crippen LogP contribution is 2.03. The molecule has 1 aromatic carbocycles. The molecule has 18 heavy (non-hydrogen) atoms. The molecule has 5 nitrogen and oxygen atoms in total. The van der Waals surface area contributed by atoms with E-state index in [9.17, 15) is 14.7 Å². The normalized spacial score (nSPS) is 13.7. The quantitative estimate of drug-likeness (QED) is 0.690. The van der Waals surface area contributed by atoms with Crippen LogP contribution in [0.4, 0.5) is 0 Å². The molecule has 0 aliphatic rings. The second kappa shape index (κ2) is 6.76. The molecule has 0 heterocycles. The Morgan fingerprint density at radius 2 is 1.89 bits per heavy atom. The second-order valence-electron chi connectivity index (χ2n) is 4.11. The molecule has 0 saturated heterocycles. The lowest BCUT2D eigenvalue weighted by Gasteiger charge is -2.16. The Bertz CT molecular complexity index is 403. The predicted octanol–water partition coefficient (Wildman–Crippen LogP) is 0.569. The predicted molar refractivity (Wildman–Crippen MR) is 66.0 cm³/mol. The number of aliphatic hydroxyl groups is 1. The van der Waals surface area contributed by atoms with E-state index in [-0.39, 0.29) is 12.3 Å². The lowest BCUT2D eigenvalue weighted by atomic mass is 10.1. The van der Waals surface area contributed by atoms with Crippen LogP contribution in [0.1, 0.15) is 18.9 Å². The van der Waals surface area contributed by atoms with Crippen LogP contribution in [-0.2, 0) is 16.0 Å². The summed E-state index contributed by atoms with van der Waals surface area (Å²) < 4.78 is 0. The van der Waals surface area contributed by atoms with Gasteiger partial charge in [0.2, 0.25) is 5.91 Å². The van der Waals surface area contributed by atoms with Gasteiger partial charge in [-0.2, -0.15) is 0 Å². The number of carbonyl (C=O) groups excluding carboxylic acids is 1. The minimum Gasteiger partial charge on any atom is -0.480 e. The fourth-order valence-corrected chi connectivity index (χ4v) is 1.54. The zero-order valence-corrected chi connectivity index (χ0v) is 10.2. The average molecular weight is 251 g/mol. The minimum atomic E-state index is -1.26. The summed E-state index contributed by atoms with van der Waals surface area (Å²) in [5.74, 6) is -1.62. The van der Waals surface area contributed by atoms with E-state index < -0.39 is 18.1 Å². The number of carboxylic acids is 1. The van der Waals surface area contributed by atoms with Gasteiger partial charge in [-0.1, -0.05) is 30.3 Å². The molecule has 2 atom stereocenters. The van der Waals surface area contributed by atoms with E-state index in [2.05, 4.69) is 5.32 Å². The van der Waals surface area contributed by atoms with Gasteiger partial charge in [-0.25, -0.2) is 4.79 Å². The Labute approximate surface area is 105 Å². The number of carboxylic acid groups (broad SMARTS) is 1. The highest BCUT2D eigenvalue weighted by molar-refractivity contribution is 5.84. The third-order valence-electron chi connectivity index (χ3n) is 2.55. The van der Waals surface area contributed by atoms with E-state index in [0.717, 1.165) is 5.56 Å². The number of hydrogen-bond acceptors (Lipinski definition) is 3. The monoisotopic (exact) mass is 251 g/mol. The molecule has 0 aliphatic carbocycles. The molecule has 0 fully saturated rings. The molecule has 1 rings (SSSR count). The average Bonchev–Trinajstić information content (AvgIpc) is 2.34. The van der Waals surface area contributed by atoms with Crippen LogP contribution in [-0.4, -0.2) is 34.2 Å². The summed E-state index contributed by atoms with van der Waals surface area (Å²) in [6.07, 6.45) is -0.387. The Balaban J connectivity index is 2.44. The molecule has 5 heteroatoms. The van der Waals surface area contributed by atoms with Crippen molar-refractivity contribution in [2.24, 2.45) is 0 Å². The Morgan fingerprint density at radius 1 is 1.28 bits per heavy atom. The van der Waals surface area contributed by atoms with Gasteiger partial charge < -0.3 is 15.5 Å². The van der Waals surface area contributed by atoms with Gasteiger partial charge >= 0.3 is 5.97 Å². The summed E-state index contributed by atoms with van der Waals surface area (Å²) in [4.78, 5) is 22.3. The van der Waals surface area contributed by atoms with Crippen LogP contribution in [0, 0.1) is 0 Å². The molecular weight excluding hydrogens is 234 g/mol. The number of benzene rings is 1. The number of aliphatic carboxylic acids is 1. The Hall–Kier alpha value is -1.88. The third kappa shape index (κ3) is 4.55. The van der Waals surface area contributed by atoms with Gasteiger partial charge in [-0.3, -0.25) is 4.79 Å². The number of carbonyl (C=O) groups is 2. The molecule has 0 aromatic heterocycles. The molecule has 98 valence electrons. The van der Waals surface area contributed by atoms with Gasteiger partial charge in [-0.05, 0) is 18.9 Å². The first-order valence-electron chi connectivity index (χ1n) is 5.75. The standard InChI is InChI=1S/C13H17NO4/c1-9(15)12(13(17)18)14-11(16)8-7-10-5-3-2-4-6-10/h2-6,9,12,15H,7-8H2,1H3,(H,14,16)(H,17,18). The van der Waals surface area contributed by atoms with E-state index in [1.54, 1.807) is 0 Å². The van der Waals surface area contributed by atoms with Crippen molar-refractivity contribution in [2.75, 3.05) is 0 Å². The summed E-state index contributed by atoms with van der Waals surface area (Å²) in [6, 6.07) is 8.19. The lowest BCUT2D eigenvalue weighted by Crippen LogP contribution is -2.47. The minimum absolute atomic E-state index is 0.195. The Morgan fingerprint density at radius 3 is 2.39 bits per heavy atom. The highest BCUT2D eigenvalue weighted by atomic mass is 16.4. The van der Waals surface area contributed by atoms with E-state index in [1.807, 2.05) is 30.3 Å². The van der Waals surface area contributed by atoms with Gasteiger partial charge in [0.05, 0.1) is 6.10 Å². The van der Waals surface area contributed by atoms with E-state index in [4.69, 9.17) is 5.11 Å². The van der Waals surface area contributed by atoms with Crippen LogP contribution < -0.4 is 5.32 Å². The largest absolute Gasteiger partial charge is 0.480 e. The molecule has 0 radical (unpaired) electrons. The number of hydrogen-bond donors (Lipinski definition) is 3. The number of amides is 1. The van der Waals surface area contributed by atoms with Crippen molar-refractivity contribution in [3.05, 3.63) is 35.9 Å². The first kappa shape index (κ1) is 14.2. The van der Waals surface area contributed by atoms with Crippen LogP contribution in [0.3, 0.4) is 0 Å². The summed E-state index contributed by atoms with van der Waals surface area (Å²) >= 11 is 0. The van der Waals surface area contributed by atoms with E-state index in [1.165, 1.54) is 6.92 Å². The summed E-state index contributed by atoms with van der Waals surface area (Å²) in [5.41, 5.74) is 1.01. The van der Waals surface area contributed by atoms with Crippen molar-refractivity contribution >= 4 is 11.9 Å². The van der Waals surface area contributed by atoms with E-state index >= 15 is 0 Å². The van der Waals surface area contributed by atoms with Crippen LogP contribution in [0.5, 0.6) is 0 Å². The van der Waals surface area contributed by atoms with Crippen molar-refractivity contribution in [1.82, 2.24) is 5.32 Å². The number of nitrogens with one attached hydrogen (secondary N) is 1. The van der Waals surface area contributed by atoms with Crippen molar-refractivity contribution in [3.8, 4) is 0 Å². The maximum atomic E-state index is 11.6.